The maximum absolute atomic E-state index is 13.7. The number of sulfonamides is 1. The van der Waals surface area contributed by atoms with Gasteiger partial charge in [-0.15, -0.1) is 0 Å². The molecule has 178 valence electrons. The Morgan fingerprint density at radius 3 is 2.03 bits per heavy atom. The fourth-order valence-electron chi connectivity index (χ4n) is 3.64. The van der Waals surface area contributed by atoms with Gasteiger partial charge in [0.2, 0.25) is 10.0 Å². The molecule has 0 N–H and O–H groups in total. The number of rotatable bonds is 10. The lowest BCUT2D eigenvalue weighted by Gasteiger charge is -2.26. The number of ether oxygens (including phenoxy) is 1. The van der Waals surface area contributed by atoms with Gasteiger partial charge in [0.05, 0.1) is 17.8 Å². The standard InChI is InChI=1S/C23H33NO6S2/c1-8-31(25,26)30-22-13-20(9-10-21(22)29-7)15-24(14-16(2)3)32(27,28)23-18(5)11-17(4)12-19(23)6/h9-13,16H,8,14-15H2,1-7H3. The number of hydrogen-bond donors (Lipinski definition) is 0. The summed E-state index contributed by atoms with van der Waals surface area (Å²) in [5.74, 6) is 0.191. The summed E-state index contributed by atoms with van der Waals surface area (Å²) in [5.41, 5.74) is 3.00. The molecule has 0 radical (unpaired) electrons. The molecular weight excluding hydrogens is 450 g/mol. The maximum Gasteiger partial charge on any atom is 0.309 e. The molecule has 0 aliphatic carbocycles. The normalized spacial score (nSPS) is 12.4. The fourth-order valence-corrected chi connectivity index (χ4v) is 6.17. The van der Waals surface area contributed by atoms with Gasteiger partial charge in [-0.3, -0.25) is 0 Å². The molecular formula is C23H33NO6S2. The minimum atomic E-state index is -3.80. The second-order valence-electron chi connectivity index (χ2n) is 8.33. The van der Waals surface area contributed by atoms with E-state index in [1.165, 1.54) is 24.4 Å². The van der Waals surface area contributed by atoms with Gasteiger partial charge in [-0.25, -0.2) is 8.42 Å². The van der Waals surface area contributed by atoms with E-state index >= 15 is 0 Å². The third-order valence-corrected chi connectivity index (χ3v) is 8.19. The number of benzene rings is 2. The Balaban J connectivity index is 2.52. The third-order valence-electron chi connectivity index (χ3n) is 4.93. The van der Waals surface area contributed by atoms with Crippen molar-refractivity contribution in [1.82, 2.24) is 4.31 Å². The van der Waals surface area contributed by atoms with Crippen LogP contribution in [-0.2, 0) is 26.7 Å². The number of methoxy groups -OCH3 is 1. The molecule has 0 heterocycles. The summed E-state index contributed by atoms with van der Waals surface area (Å²) in [4.78, 5) is 0.308. The van der Waals surface area contributed by atoms with E-state index in [9.17, 15) is 16.8 Å². The molecule has 0 aromatic heterocycles. The van der Waals surface area contributed by atoms with Crippen LogP contribution in [0, 0.1) is 26.7 Å². The van der Waals surface area contributed by atoms with Gasteiger partial charge in [0.1, 0.15) is 0 Å². The van der Waals surface area contributed by atoms with E-state index in [1.807, 2.05) is 32.9 Å². The quantitative estimate of drug-likeness (QED) is 0.471. The smallest absolute Gasteiger partial charge is 0.309 e. The van der Waals surface area contributed by atoms with Crippen molar-refractivity contribution in [3.8, 4) is 11.5 Å². The van der Waals surface area contributed by atoms with Crippen LogP contribution in [0.4, 0.5) is 0 Å². The van der Waals surface area contributed by atoms with Crippen LogP contribution in [0.2, 0.25) is 0 Å². The number of aryl methyl sites for hydroxylation is 3. The third kappa shape index (κ3) is 6.24. The Hall–Kier alpha value is -2.10. The van der Waals surface area contributed by atoms with E-state index in [2.05, 4.69) is 0 Å². The second-order valence-corrected chi connectivity index (χ2v) is 12.1. The zero-order valence-electron chi connectivity index (χ0n) is 19.8. The molecule has 0 atom stereocenters. The van der Waals surface area contributed by atoms with Crippen LogP contribution in [0.25, 0.3) is 0 Å². The molecule has 0 unspecified atom stereocenters. The van der Waals surface area contributed by atoms with Crippen molar-refractivity contribution in [2.24, 2.45) is 5.92 Å². The Kier molecular flexibility index (Phi) is 8.36. The molecule has 2 aromatic rings. The Labute approximate surface area is 192 Å². The van der Waals surface area contributed by atoms with Gasteiger partial charge >= 0.3 is 10.1 Å². The molecule has 32 heavy (non-hydrogen) atoms. The van der Waals surface area contributed by atoms with Crippen LogP contribution in [-0.4, -0.2) is 40.5 Å². The van der Waals surface area contributed by atoms with Gasteiger partial charge in [-0.05, 0) is 62.4 Å². The van der Waals surface area contributed by atoms with E-state index in [0.29, 0.717) is 28.1 Å². The fraction of sp³-hybridized carbons (Fsp3) is 0.478. The molecule has 0 saturated heterocycles. The highest BCUT2D eigenvalue weighted by atomic mass is 32.2. The average molecular weight is 484 g/mol. The van der Waals surface area contributed by atoms with Crippen LogP contribution >= 0.6 is 0 Å². The monoisotopic (exact) mass is 483 g/mol. The van der Waals surface area contributed by atoms with Gasteiger partial charge in [0.15, 0.2) is 11.5 Å². The van der Waals surface area contributed by atoms with Crippen LogP contribution in [0.1, 0.15) is 43.0 Å². The summed E-state index contributed by atoms with van der Waals surface area (Å²) in [7, 11) is -6.15. The van der Waals surface area contributed by atoms with Gasteiger partial charge in [0, 0.05) is 13.1 Å². The predicted octanol–water partition coefficient (Wildman–Crippen LogP) is 4.20. The summed E-state index contributed by atoms with van der Waals surface area (Å²) in [6, 6.07) is 8.54. The summed E-state index contributed by atoms with van der Waals surface area (Å²) in [6.45, 7) is 11.3. The van der Waals surface area contributed by atoms with Gasteiger partial charge in [0.25, 0.3) is 0 Å². The number of hydrogen-bond acceptors (Lipinski definition) is 6. The highest BCUT2D eigenvalue weighted by Gasteiger charge is 2.29. The topological polar surface area (TPSA) is 90.0 Å². The van der Waals surface area contributed by atoms with Gasteiger partial charge < -0.3 is 8.92 Å². The zero-order chi connectivity index (χ0) is 24.3. The summed E-state index contributed by atoms with van der Waals surface area (Å²) in [5, 5.41) is 0. The Morgan fingerprint density at radius 1 is 0.938 bits per heavy atom. The largest absolute Gasteiger partial charge is 0.493 e. The average Bonchev–Trinajstić information content (AvgIpc) is 2.66. The van der Waals surface area contributed by atoms with Crippen LogP contribution in [0.3, 0.4) is 0 Å². The van der Waals surface area contributed by atoms with Gasteiger partial charge in [-0.2, -0.15) is 12.7 Å². The first-order valence-electron chi connectivity index (χ1n) is 10.5. The predicted molar refractivity (Wildman–Crippen MR) is 126 cm³/mol. The van der Waals surface area contributed by atoms with Crippen molar-refractivity contribution in [2.75, 3.05) is 19.4 Å². The van der Waals surface area contributed by atoms with Crippen molar-refractivity contribution in [2.45, 2.75) is 53.0 Å². The molecule has 2 rings (SSSR count). The van der Waals surface area contributed by atoms with Crippen molar-refractivity contribution in [1.29, 1.82) is 0 Å². The molecule has 0 bridgehead atoms. The van der Waals surface area contributed by atoms with E-state index in [0.717, 1.165) is 5.56 Å². The summed E-state index contributed by atoms with van der Waals surface area (Å²) < 4.78 is 63.2. The minimum Gasteiger partial charge on any atom is -0.493 e. The van der Waals surface area contributed by atoms with Crippen molar-refractivity contribution >= 4 is 20.1 Å². The molecule has 0 aliphatic heterocycles. The van der Waals surface area contributed by atoms with E-state index in [1.54, 1.807) is 26.0 Å². The van der Waals surface area contributed by atoms with Crippen molar-refractivity contribution < 1.29 is 25.8 Å². The molecule has 0 aliphatic rings. The lowest BCUT2D eigenvalue weighted by atomic mass is 10.1. The molecule has 0 amide bonds. The first kappa shape index (κ1) is 26.2. The molecule has 2 aromatic carbocycles. The molecule has 7 nitrogen and oxygen atoms in total. The first-order chi connectivity index (χ1) is 14.8. The van der Waals surface area contributed by atoms with E-state index in [4.69, 9.17) is 8.92 Å². The highest BCUT2D eigenvalue weighted by molar-refractivity contribution is 7.89. The molecule has 0 saturated carbocycles. The first-order valence-corrected chi connectivity index (χ1v) is 13.5. The Morgan fingerprint density at radius 2 is 1.53 bits per heavy atom. The molecule has 9 heteroatoms. The summed E-state index contributed by atoms with van der Waals surface area (Å²) >= 11 is 0. The second kappa shape index (κ2) is 10.2. The van der Waals surface area contributed by atoms with E-state index < -0.39 is 20.1 Å². The van der Waals surface area contributed by atoms with Crippen LogP contribution in [0.15, 0.2) is 35.2 Å². The zero-order valence-corrected chi connectivity index (χ0v) is 21.4. The number of nitrogens with zero attached hydrogens (tertiary/aromatic N) is 1. The Bertz CT molecular complexity index is 1150. The molecule has 0 fully saturated rings. The van der Waals surface area contributed by atoms with E-state index in [-0.39, 0.29) is 29.7 Å². The lowest BCUT2D eigenvalue weighted by molar-refractivity contribution is 0.360. The van der Waals surface area contributed by atoms with Crippen molar-refractivity contribution in [3.63, 3.8) is 0 Å². The van der Waals surface area contributed by atoms with Crippen molar-refractivity contribution in [3.05, 3.63) is 52.6 Å². The van der Waals surface area contributed by atoms with Crippen LogP contribution in [0.5, 0.6) is 11.5 Å². The molecule has 0 spiro atoms. The maximum atomic E-state index is 13.7. The minimum absolute atomic E-state index is 0.0384. The SMILES string of the molecule is CCS(=O)(=O)Oc1cc(CN(CC(C)C)S(=O)(=O)c2c(C)cc(C)cc2C)ccc1OC. The summed E-state index contributed by atoms with van der Waals surface area (Å²) in [6.07, 6.45) is 0. The highest BCUT2D eigenvalue weighted by Crippen LogP contribution is 2.32. The lowest BCUT2D eigenvalue weighted by Crippen LogP contribution is -2.34. The van der Waals surface area contributed by atoms with Crippen LogP contribution < -0.4 is 8.92 Å². The van der Waals surface area contributed by atoms with Gasteiger partial charge in [-0.1, -0.05) is 37.6 Å².